The van der Waals surface area contributed by atoms with Gasteiger partial charge in [-0.15, -0.1) is 0 Å². The van der Waals surface area contributed by atoms with Gasteiger partial charge in [0.15, 0.2) is 0 Å². The zero-order valence-corrected chi connectivity index (χ0v) is 18.4. The molecule has 0 saturated carbocycles. The molecular formula is C25H30ClO5+. The molecule has 4 rings (SSSR count). The minimum Gasteiger partial charge on any atom is -0.598 e. The first kappa shape index (κ1) is 22.3. The number of benzene rings is 2. The molecule has 2 aliphatic rings. The fourth-order valence-electron chi connectivity index (χ4n) is 4.98. The molecule has 1 fully saturated rings. The maximum atomic E-state index is 10.8. The third kappa shape index (κ3) is 4.26. The predicted molar refractivity (Wildman–Crippen MR) is 120 cm³/mol. The largest absolute Gasteiger partial charge is 0.598 e. The summed E-state index contributed by atoms with van der Waals surface area (Å²) in [6.07, 6.45) is 1.98. The molecular weight excluding hydrogens is 416 g/mol. The molecule has 1 heterocycles. The van der Waals surface area contributed by atoms with Gasteiger partial charge in [-0.2, -0.15) is 0 Å². The van der Waals surface area contributed by atoms with E-state index in [9.17, 15) is 15.3 Å². The highest BCUT2D eigenvalue weighted by atomic mass is 35.5. The van der Waals surface area contributed by atoms with Crippen LogP contribution in [0.15, 0.2) is 42.2 Å². The second-order valence-corrected chi connectivity index (χ2v) is 8.96. The van der Waals surface area contributed by atoms with Crippen LogP contribution in [0.3, 0.4) is 0 Å². The van der Waals surface area contributed by atoms with E-state index in [0.29, 0.717) is 5.02 Å². The summed E-state index contributed by atoms with van der Waals surface area (Å²) in [5, 5.41) is 39.4. The second kappa shape index (κ2) is 9.31. The molecule has 0 unspecified atom stereocenters. The Kier molecular flexibility index (Phi) is 6.70. The summed E-state index contributed by atoms with van der Waals surface area (Å²) in [4.78, 5) is 0. The lowest BCUT2D eigenvalue weighted by Gasteiger charge is -2.39. The van der Waals surface area contributed by atoms with Gasteiger partial charge in [-0.05, 0) is 84.5 Å². The average molecular weight is 446 g/mol. The molecule has 2 aromatic rings. The van der Waals surface area contributed by atoms with Crippen LogP contribution in [0.25, 0.3) is 0 Å². The number of rotatable bonds is 4. The predicted octanol–water partition coefficient (Wildman–Crippen LogP) is 2.88. The van der Waals surface area contributed by atoms with Crippen LogP contribution in [0.4, 0.5) is 0 Å². The van der Waals surface area contributed by atoms with Gasteiger partial charge in [0.05, 0.1) is 12.2 Å². The molecule has 0 radical (unpaired) electrons. The summed E-state index contributed by atoms with van der Waals surface area (Å²) < 4.78 is 6.03. The molecule has 0 bridgehead atoms. The zero-order valence-electron chi connectivity index (χ0n) is 17.6. The van der Waals surface area contributed by atoms with Crippen LogP contribution < -0.4 is 0 Å². The number of fused-ring (bicyclic) bond motifs is 1. The quantitative estimate of drug-likeness (QED) is 0.498. The van der Waals surface area contributed by atoms with Gasteiger partial charge >= 0.3 is 0 Å². The first-order valence-electron chi connectivity index (χ1n) is 10.8. The SMILES string of the molecule is Cc1c([C@@H]2O[C@H](CO)/C(=C\[OH2+])[C@H](O)[C@@H]2O)cc(Cc2ccc(Cl)cc2)c2c1CCCC2. The van der Waals surface area contributed by atoms with Gasteiger partial charge in [0.25, 0.3) is 0 Å². The van der Waals surface area contributed by atoms with Crippen molar-refractivity contribution in [3.63, 3.8) is 0 Å². The molecule has 6 heteroatoms. The summed E-state index contributed by atoms with van der Waals surface area (Å²) in [6, 6.07) is 9.94. The number of aliphatic hydroxyl groups excluding tert-OH is 3. The molecule has 5 N–H and O–H groups in total. The van der Waals surface area contributed by atoms with Crippen molar-refractivity contribution in [1.29, 1.82) is 0 Å². The molecule has 1 saturated heterocycles. The third-order valence-corrected chi connectivity index (χ3v) is 6.93. The van der Waals surface area contributed by atoms with Gasteiger partial charge in [0.1, 0.15) is 24.4 Å². The molecule has 1 aliphatic carbocycles. The van der Waals surface area contributed by atoms with Crippen molar-refractivity contribution >= 4 is 11.6 Å². The van der Waals surface area contributed by atoms with Crippen LogP contribution in [0.2, 0.25) is 5.02 Å². The number of aliphatic hydroxyl groups is 3. The lowest BCUT2D eigenvalue weighted by Crippen LogP contribution is -2.47. The van der Waals surface area contributed by atoms with Crippen LogP contribution >= 0.6 is 11.6 Å². The van der Waals surface area contributed by atoms with Crippen molar-refractivity contribution in [3.05, 3.63) is 80.6 Å². The Balaban J connectivity index is 1.78. The van der Waals surface area contributed by atoms with Gasteiger partial charge in [0, 0.05) is 5.02 Å². The van der Waals surface area contributed by atoms with E-state index in [1.807, 2.05) is 24.3 Å². The molecule has 5 nitrogen and oxygen atoms in total. The Morgan fingerprint density at radius 1 is 1.13 bits per heavy atom. The van der Waals surface area contributed by atoms with E-state index in [1.165, 1.54) is 16.7 Å². The molecule has 0 spiro atoms. The van der Waals surface area contributed by atoms with Gasteiger partial charge in [-0.3, -0.25) is 0 Å². The molecule has 166 valence electrons. The van der Waals surface area contributed by atoms with E-state index in [2.05, 4.69) is 13.0 Å². The Labute approximate surface area is 187 Å². The second-order valence-electron chi connectivity index (χ2n) is 8.53. The molecule has 4 atom stereocenters. The lowest BCUT2D eigenvalue weighted by molar-refractivity contribution is -0.149. The Bertz CT molecular complexity index is 965. The molecule has 2 aromatic carbocycles. The van der Waals surface area contributed by atoms with Crippen molar-refractivity contribution in [2.24, 2.45) is 0 Å². The molecule has 0 aromatic heterocycles. The van der Waals surface area contributed by atoms with Crippen LogP contribution in [0.5, 0.6) is 0 Å². The minimum absolute atomic E-state index is 0.197. The normalized spacial score (nSPS) is 27.3. The van der Waals surface area contributed by atoms with Gasteiger partial charge in [-0.25, -0.2) is 0 Å². The van der Waals surface area contributed by atoms with E-state index < -0.39 is 24.4 Å². The monoisotopic (exact) mass is 445 g/mol. The number of halogens is 1. The smallest absolute Gasteiger partial charge is 0.221 e. The fraction of sp³-hybridized carbons (Fsp3) is 0.440. The van der Waals surface area contributed by atoms with Crippen LogP contribution in [-0.4, -0.2) is 45.3 Å². The summed E-state index contributed by atoms with van der Waals surface area (Å²) >= 11 is 6.05. The van der Waals surface area contributed by atoms with Crippen molar-refractivity contribution in [3.8, 4) is 0 Å². The van der Waals surface area contributed by atoms with Gasteiger partial charge in [-0.1, -0.05) is 29.8 Å². The Morgan fingerprint density at radius 2 is 1.81 bits per heavy atom. The third-order valence-electron chi connectivity index (χ3n) is 6.68. The highest BCUT2D eigenvalue weighted by Crippen LogP contribution is 2.40. The van der Waals surface area contributed by atoms with Crippen molar-refractivity contribution < 1.29 is 25.2 Å². The summed E-state index contributed by atoms with van der Waals surface area (Å²) in [5.41, 5.74) is 7.16. The highest BCUT2D eigenvalue weighted by Gasteiger charge is 2.43. The molecule has 0 amide bonds. The fourth-order valence-corrected chi connectivity index (χ4v) is 5.11. The summed E-state index contributed by atoms with van der Waals surface area (Å²) in [7, 11) is 0. The first-order chi connectivity index (χ1) is 14.9. The van der Waals surface area contributed by atoms with Crippen LogP contribution in [0, 0.1) is 6.92 Å². The standard InChI is InChI=1S/C25H29ClO5/c1-14-18-4-2-3-5-19(18)16(10-15-6-8-17(26)9-7-15)11-20(14)25-24(30)23(29)21(12-27)22(13-28)31-25/h6-9,11-12,22-25,27-30H,2-5,10,13H2,1H3/p+1/b21-12+/t22-,23+,24+,25+/m1/s1. The number of hydrogen-bond donors (Lipinski definition) is 3. The van der Waals surface area contributed by atoms with Crippen molar-refractivity contribution in [1.82, 2.24) is 0 Å². The van der Waals surface area contributed by atoms with Gasteiger partial charge < -0.3 is 25.2 Å². The van der Waals surface area contributed by atoms with Crippen molar-refractivity contribution in [2.75, 3.05) is 6.61 Å². The van der Waals surface area contributed by atoms with E-state index in [4.69, 9.17) is 21.4 Å². The first-order valence-corrected chi connectivity index (χ1v) is 11.2. The maximum Gasteiger partial charge on any atom is 0.221 e. The average Bonchev–Trinajstić information content (AvgIpc) is 2.79. The minimum atomic E-state index is -1.25. The van der Waals surface area contributed by atoms with Crippen LogP contribution in [-0.2, 0) is 24.0 Å². The van der Waals surface area contributed by atoms with Crippen molar-refractivity contribution in [2.45, 2.75) is 63.4 Å². The topological polar surface area (TPSA) is 92.8 Å². The van der Waals surface area contributed by atoms with E-state index >= 15 is 0 Å². The van der Waals surface area contributed by atoms with E-state index in [-0.39, 0.29) is 12.2 Å². The van der Waals surface area contributed by atoms with Crippen LogP contribution in [0.1, 0.15) is 52.3 Å². The van der Waals surface area contributed by atoms with E-state index in [1.54, 1.807) is 0 Å². The number of hydrogen-bond acceptors (Lipinski definition) is 4. The molecule has 31 heavy (non-hydrogen) atoms. The maximum absolute atomic E-state index is 10.8. The lowest BCUT2D eigenvalue weighted by atomic mass is 9.79. The Morgan fingerprint density at radius 3 is 2.45 bits per heavy atom. The van der Waals surface area contributed by atoms with E-state index in [0.717, 1.165) is 55.1 Å². The van der Waals surface area contributed by atoms with Gasteiger partial charge in [0.2, 0.25) is 6.26 Å². The Hall–Kier alpha value is -1.89. The molecule has 1 aliphatic heterocycles. The zero-order chi connectivity index (χ0) is 22.1. The highest BCUT2D eigenvalue weighted by molar-refractivity contribution is 6.30. The summed E-state index contributed by atoms with van der Waals surface area (Å²) in [5.74, 6) is 0. The number of ether oxygens (including phenoxy) is 1. The summed E-state index contributed by atoms with van der Waals surface area (Å²) in [6.45, 7) is 1.70.